The fourth-order valence-electron chi connectivity index (χ4n) is 3.28. The molecule has 0 aromatic heterocycles. The second-order valence-corrected chi connectivity index (χ2v) is 5.68. The van der Waals surface area contributed by atoms with Crippen LogP contribution in [0, 0.1) is 11.8 Å². The van der Waals surface area contributed by atoms with Crippen molar-refractivity contribution in [3.05, 3.63) is 0 Å². The molecule has 2 fully saturated rings. The molecular weight excluding hydrogens is 200 g/mol. The van der Waals surface area contributed by atoms with Crippen molar-refractivity contribution in [2.24, 2.45) is 17.6 Å². The minimum Gasteiger partial charge on any atom is -0.340 e. The van der Waals surface area contributed by atoms with E-state index < -0.39 is 0 Å². The molecule has 3 heteroatoms. The summed E-state index contributed by atoms with van der Waals surface area (Å²) in [6, 6.07) is 0.769. The summed E-state index contributed by atoms with van der Waals surface area (Å²) in [5.74, 6) is 1.09. The first-order valence-electron chi connectivity index (χ1n) is 6.65. The van der Waals surface area contributed by atoms with Gasteiger partial charge in [0, 0.05) is 24.5 Å². The molecule has 0 aromatic carbocycles. The van der Waals surface area contributed by atoms with E-state index in [1.165, 1.54) is 12.8 Å². The third-order valence-electron chi connectivity index (χ3n) is 4.36. The molecule has 4 unspecified atom stereocenters. The molecule has 1 aliphatic carbocycles. The molecule has 1 aliphatic heterocycles. The normalized spacial score (nSPS) is 40.1. The predicted octanol–water partition coefficient (Wildman–Crippen LogP) is 1.76. The van der Waals surface area contributed by atoms with Crippen molar-refractivity contribution in [3.8, 4) is 0 Å². The van der Waals surface area contributed by atoms with Crippen LogP contribution in [0.15, 0.2) is 0 Å². The van der Waals surface area contributed by atoms with Gasteiger partial charge in [0.2, 0.25) is 5.91 Å². The van der Waals surface area contributed by atoms with E-state index >= 15 is 0 Å². The first-order chi connectivity index (χ1) is 7.59. The van der Waals surface area contributed by atoms with Crippen molar-refractivity contribution in [1.82, 2.24) is 4.90 Å². The first kappa shape index (κ1) is 11.9. The van der Waals surface area contributed by atoms with Crippen LogP contribution in [0.3, 0.4) is 0 Å². The van der Waals surface area contributed by atoms with Crippen molar-refractivity contribution in [2.45, 2.75) is 58.0 Å². The Morgan fingerprint density at radius 3 is 2.56 bits per heavy atom. The highest BCUT2D eigenvalue weighted by Gasteiger charge is 2.36. The van der Waals surface area contributed by atoms with Crippen LogP contribution in [0.5, 0.6) is 0 Å². The van der Waals surface area contributed by atoms with Gasteiger partial charge in [0.1, 0.15) is 0 Å². The van der Waals surface area contributed by atoms with Crippen molar-refractivity contribution in [1.29, 1.82) is 0 Å². The Kier molecular flexibility index (Phi) is 3.53. The number of hydrogen-bond acceptors (Lipinski definition) is 2. The van der Waals surface area contributed by atoms with Crippen molar-refractivity contribution in [3.63, 3.8) is 0 Å². The monoisotopic (exact) mass is 224 g/mol. The van der Waals surface area contributed by atoms with E-state index in [9.17, 15) is 4.79 Å². The minimum absolute atomic E-state index is 0.236. The van der Waals surface area contributed by atoms with E-state index in [1.807, 2.05) is 0 Å². The highest BCUT2D eigenvalue weighted by Crippen LogP contribution is 2.32. The Morgan fingerprint density at radius 1 is 1.25 bits per heavy atom. The second kappa shape index (κ2) is 4.74. The minimum atomic E-state index is 0.236. The highest BCUT2D eigenvalue weighted by molar-refractivity contribution is 5.79. The highest BCUT2D eigenvalue weighted by atomic mass is 16.2. The van der Waals surface area contributed by atoms with Crippen LogP contribution in [0.4, 0.5) is 0 Å². The summed E-state index contributed by atoms with van der Waals surface area (Å²) >= 11 is 0. The predicted molar refractivity (Wildman–Crippen MR) is 64.9 cm³/mol. The smallest absolute Gasteiger partial charge is 0.226 e. The summed E-state index contributed by atoms with van der Waals surface area (Å²) < 4.78 is 0. The van der Waals surface area contributed by atoms with Crippen molar-refractivity contribution < 1.29 is 4.79 Å². The summed E-state index contributed by atoms with van der Waals surface area (Å²) in [4.78, 5) is 14.5. The molecule has 0 radical (unpaired) electrons. The van der Waals surface area contributed by atoms with E-state index in [4.69, 9.17) is 5.73 Å². The maximum atomic E-state index is 12.4. The molecular formula is C13H24N2O. The number of carbonyl (C=O) groups excluding carboxylic acids is 1. The summed E-state index contributed by atoms with van der Waals surface area (Å²) in [6.07, 6.45) is 5.37. The number of nitrogens with two attached hydrogens (primary N) is 1. The van der Waals surface area contributed by atoms with E-state index in [1.54, 1.807) is 0 Å². The number of nitrogens with zero attached hydrogens (tertiary/aromatic N) is 1. The maximum absolute atomic E-state index is 12.4. The standard InChI is InChI=1S/C13H24N2O/c1-9-8-11(14)5-6-12(9)13(16)15-7-3-4-10(15)2/h9-12H,3-8,14H2,1-2H3. The number of likely N-dealkylation sites (tertiary alicyclic amines) is 1. The third kappa shape index (κ3) is 2.24. The molecule has 1 heterocycles. The lowest BCUT2D eigenvalue weighted by Crippen LogP contribution is -2.44. The molecule has 0 spiro atoms. The summed E-state index contributed by atoms with van der Waals surface area (Å²) in [6.45, 7) is 5.32. The number of hydrogen-bond donors (Lipinski definition) is 1. The molecule has 1 saturated carbocycles. The van der Waals surface area contributed by atoms with Crippen LogP contribution in [-0.4, -0.2) is 29.4 Å². The van der Waals surface area contributed by atoms with Gasteiger partial charge in [-0.2, -0.15) is 0 Å². The number of rotatable bonds is 1. The van der Waals surface area contributed by atoms with Crippen LogP contribution < -0.4 is 5.73 Å². The van der Waals surface area contributed by atoms with Gasteiger partial charge in [0.15, 0.2) is 0 Å². The molecule has 0 bridgehead atoms. The summed E-state index contributed by atoms with van der Waals surface area (Å²) in [7, 11) is 0. The fourth-order valence-corrected chi connectivity index (χ4v) is 3.28. The van der Waals surface area contributed by atoms with Crippen LogP contribution >= 0.6 is 0 Å². The lowest BCUT2D eigenvalue weighted by Gasteiger charge is -2.35. The van der Waals surface area contributed by atoms with E-state index in [0.29, 0.717) is 23.9 Å². The van der Waals surface area contributed by atoms with Gasteiger partial charge in [-0.15, -0.1) is 0 Å². The Morgan fingerprint density at radius 2 is 2.00 bits per heavy atom. The molecule has 16 heavy (non-hydrogen) atoms. The molecule has 1 amide bonds. The zero-order chi connectivity index (χ0) is 11.7. The van der Waals surface area contributed by atoms with Crippen molar-refractivity contribution >= 4 is 5.91 Å². The molecule has 2 rings (SSSR count). The average Bonchev–Trinajstić information content (AvgIpc) is 2.63. The molecule has 2 N–H and O–H groups in total. The molecule has 3 nitrogen and oxygen atoms in total. The fraction of sp³-hybridized carbons (Fsp3) is 0.923. The maximum Gasteiger partial charge on any atom is 0.226 e. The third-order valence-corrected chi connectivity index (χ3v) is 4.36. The van der Waals surface area contributed by atoms with Gasteiger partial charge >= 0.3 is 0 Å². The zero-order valence-corrected chi connectivity index (χ0v) is 10.5. The van der Waals surface area contributed by atoms with Crippen LogP contribution in [0.25, 0.3) is 0 Å². The molecule has 0 aromatic rings. The van der Waals surface area contributed by atoms with Gasteiger partial charge < -0.3 is 10.6 Å². The number of amides is 1. The van der Waals surface area contributed by atoms with Gasteiger partial charge in [-0.05, 0) is 44.9 Å². The van der Waals surface area contributed by atoms with E-state index in [2.05, 4.69) is 18.7 Å². The number of carbonyl (C=O) groups is 1. The average molecular weight is 224 g/mol. The molecule has 2 aliphatic rings. The Labute approximate surface area is 98.4 Å². The first-order valence-corrected chi connectivity index (χ1v) is 6.65. The summed E-state index contributed by atoms with van der Waals surface area (Å²) in [5, 5.41) is 0. The van der Waals surface area contributed by atoms with Gasteiger partial charge in [-0.3, -0.25) is 4.79 Å². The van der Waals surface area contributed by atoms with Crippen LogP contribution in [0.1, 0.15) is 46.0 Å². The molecule has 1 saturated heterocycles. The SMILES string of the molecule is CC1CC(N)CCC1C(=O)N1CCCC1C. The quantitative estimate of drug-likeness (QED) is 0.737. The second-order valence-electron chi connectivity index (χ2n) is 5.68. The Hall–Kier alpha value is -0.570. The summed E-state index contributed by atoms with van der Waals surface area (Å²) in [5.41, 5.74) is 5.94. The van der Waals surface area contributed by atoms with Crippen molar-refractivity contribution in [2.75, 3.05) is 6.54 Å². The topological polar surface area (TPSA) is 46.3 Å². The van der Waals surface area contributed by atoms with Crippen LogP contribution in [0.2, 0.25) is 0 Å². The van der Waals surface area contributed by atoms with Gasteiger partial charge in [-0.1, -0.05) is 6.92 Å². The van der Waals surface area contributed by atoms with Gasteiger partial charge in [0.05, 0.1) is 0 Å². The van der Waals surface area contributed by atoms with Crippen LogP contribution in [-0.2, 0) is 4.79 Å². The Bertz CT molecular complexity index is 267. The van der Waals surface area contributed by atoms with E-state index in [-0.39, 0.29) is 5.92 Å². The van der Waals surface area contributed by atoms with E-state index in [0.717, 1.165) is 25.8 Å². The zero-order valence-electron chi connectivity index (χ0n) is 10.5. The van der Waals surface area contributed by atoms with Gasteiger partial charge in [0.25, 0.3) is 0 Å². The lowest BCUT2D eigenvalue weighted by atomic mass is 9.77. The molecule has 92 valence electrons. The Balaban J connectivity index is 1.98. The van der Waals surface area contributed by atoms with Gasteiger partial charge in [-0.25, -0.2) is 0 Å². The lowest BCUT2D eigenvalue weighted by molar-refractivity contribution is -0.138. The molecule has 4 atom stereocenters. The largest absolute Gasteiger partial charge is 0.340 e.